The van der Waals surface area contributed by atoms with Crippen molar-refractivity contribution in [3.05, 3.63) is 102 Å². The van der Waals surface area contributed by atoms with E-state index in [2.05, 4.69) is 82.6 Å². The minimum Gasteiger partial charge on any atom is -0.326 e. The molecule has 5 aromatic rings. The zero-order valence-electron chi connectivity index (χ0n) is 20.8. The molecule has 0 spiro atoms. The van der Waals surface area contributed by atoms with Gasteiger partial charge in [-0.25, -0.2) is 9.50 Å². The van der Waals surface area contributed by atoms with Crippen molar-refractivity contribution in [2.45, 2.75) is 25.9 Å². The van der Waals surface area contributed by atoms with Gasteiger partial charge in [-0.3, -0.25) is 4.90 Å². The molecule has 3 aromatic carbocycles. The molecule has 1 aliphatic heterocycles. The lowest BCUT2D eigenvalue weighted by atomic mass is 9.94. The molecule has 1 fully saturated rings. The second-order valence-electron chi connectivity index (χ2n) is 9.86. The van der Waals surface area contributed by atoms with Crippen molar-refractivity contribution < 1.29 is 0 Å². The average molecular weight is 485 g/mol. The molecule has 1 saturated heterocycles. The average Bonchev–Trinajstić information content (AvgIpc) is 3.58. The Labute approximate surface area is 216 Å². The van der Waals surface area contributed by atoms with Crippen molar-refractivity contribution in [2.24, 2.45) is 5.73 Å². The molecule has 0 amide bonds. The first-order valence-electron chi connectivity index (χ1n) is 12.6. The van der Waals surface area contributed by atoms with E-state index in [0.717, 1.165) is 65.2 Å². The topological polar surface area (TPSA) is 83.2 Å². The maximum absolute atomic E-state index is 9.32. The Hall–Kier alpha value is -4.31. The Kier molecular flexibility index (Phi) is 6.01. The first-order chi connectivity index (χ1) is 18.1. The standard InChI is InChI=1S/C31H28N6/c1-21-5-9-25(10-6-21)30-28(24-11-7-22(17-32)8-12-24)16-29(31-34-20-35-37(30)31)26-4-2-3-23(15-26)18-36-14-13-27(33)19-36/h2-12,15-16,20,27H,13-14,18-19,33H2,1H3. The van der Waals surface area contributed by atoms with Crippen molar-refractivity contribution in [1.82, 2.24) is 19.5 Å². The van der Waals surface area contributed by atoms with Crippen LogP contribution in [-0.4, -0.2) is 38.6 Å². The lowest BCUT2D eigenvalue weighted by molar-refractivity contribution is 0.327. The van der Waals surface area contributed by atoms with Gasteiger partial charge in [0.1, 0.15) is 6.33 Å². The third-order valence-corrected chi connectivity index (χ3v) is 7.15. The smallest absolute Gasteiger partial charge is 0.163 e. The van der Waals surface area contributed by atoms with E-state index in [4.69, 9.17) is 5.73 Å². The molecule has 6 rings (SSSR count). The van der Waals surface area contributed by atoms with E-state index in [1.807, 2.05) is 28.8 Å². The Morgan fingerprint density at radius 3 is 2.46 bits per heavy atom. The van der Waals surface area contributed by atoms with E-state index in [-0.39, 0.29) is 6.04 Å². The van der Waals surface area contributed by atoms with Gasteiger partial charge in [0.05, 0.1) is 17.3 Å². The molecule has 1 aliphatic rings. The van der Waals surface area contributed by atoms with Gasteiger partial charge >= 0.3 is 0 Å². The summed E-state index contributed by atoms with van der Waals surface area (Å²) in [5.41, 5.74) is 16.3. The zero-order valence-corrected chi connectivity index (χ0v) is 20.8. The minimum absolute atomic E-state index is 0.267. The third kappa shape index (κ3) is 4.51. The summed E-state index contributed by atoms with van der Waals surface area (Å²) in [5, 5.41) is 14.0. The van der Waals surface area contributed by atoms with E-state index in [9.17, 15) is 5.26 Å². The molecule has 0 bridgehead atoms. The fourth-order valence-corrected chi connectivity index (χ4v) is 5.23. The van der Waals surface area contributed by atoms with Gasteiger partial charge in [-0.05, 0) is 54.3 Å². The van der Waals surface area contributed by atoms with E-state index >= 15 is 0 Å². The molecule has 182 valence electrons. The summed E-state index contributed by atoms with van der Waals surface area (Å²) in [4.78, 5) is 7.10. The zero-order chi connectivity index (χ0) is 25.4. The van der Waals surface area contributed by atoms with Gasteiger partial charge in [0, 0.05) is 42.4 Å². The predicted octanol–water partition coefficient (Wildman–Crippen LogP) is 5.44. The summed E-state index contributed by atoms with van der Waals surface area (Å²) in [5.74, 6) is 0. The largest absolute Gasteiger partial charge is 0.326 e. The Balaban J connectivity index is 1.53. The number of likely N-dealkylation sites (tertiary alicyclic amines) is 1. The summed E-state index contributed by atoms with van der Waals surface area (Å²) in [6, 6.07) is 29.6. The Morgan fingerprint density at radius 1 is 0.946 bits per heavy atom. The number of aromatic nitrogens is 3. The van der Waals surface area contributed by atoms with Crippen LogP contribution in [-0.2, 0) is 6.54 Å². The predicted molar refractivity (Wildman–Crippen MR) is 147 cm³/mol. The fourth-order valence-electron chi connectivity index (χ4n) is 5.23. The SMILES string of the molecule is Cc1ccc(-c2c(-c3ccc(C#N)cc3)cc(-c3cccc(CN4CCC(N)C4)c3)c3ncnn23)cc1. The number of pyridine rings is 1. The molecule has 1 unspecified atom stereocenters. The molecular formula is C31H28N6. The molecule has 1 atom stereocenters. The number of fused-ring (bicyclic) bond motifs is 1. The first-order valence-corrected chi connectivity index (χ1v) is 12.6. The summed E-state index contributed by atoms with van der Waals surface area (Å²) in [6.07, 6.45) is 2.67. The van der Waals surface area contributed by atoms with Gasteiger partial charge in [0.25, 0.3) is 0 Å². The Bertz CT molecular complexity index is 1610. The number of nitrogens with two attached hydrogens (primary N) is 1. The van der Waals surface area contributed by atoms with Crippen LogP contribution in [0.3, 0.4) is 0 Å². The number of hydrogen-bond donors (Lipinski definition) is 1. The van der Waals surface area contributed by atoms with Crippen LogP contribution in [0.4, 0.5) is 0 Å². The normalized spacial score (nSPS) is 15.8. The third-order valence-electron chi connectivity index (χ3n) is 7.15. The van der Waals surface area contributed by atoms with Crippen molar-refractivity contribution in [3.8, 4) is 39.6 Å². The van der Waals surface area contributed by atoms with Crippen LogP contribution in [0, 0.1) is 18.3 Å². The van der Waals surface area contributed by atoms with Gasteiger partial charge < -0.3 is 5.73 Å². The van der Waals surface area contributed by atoms with Gasteiger partial charge in [-0.1, -0.05) is 60.2 Å². The van der Waals surface area contributed by atoms with Crippen LogP contribution in [0.1, 0.15) is 23.1 Å². The molecular weight excluding hydrogens is 456 g/mol. The van der Waals surface area contributed by atoms with Crippen molar-refractivity contribution >= 4 is 5.65 Å². The van der Waals surface area contributed by atoms with Gasteiger partial charge in [-0.2, -0.15) is 10.4 Å². The second kappa shape index (κ2) is 9.62. The molecule has 6 heteroatoms. The number of rotatable bonds is 5. The van der Waals surface area contributed by atoms with E-state index < -0.39 is 0 Å². The fraction of sp³-hybridized carbons (Fsp3) is 0.194. The molecule has 0 radical (unpaired) electrons. The van der Waals surface area contributed by atoms with E-state index in [1.165, 1.54) is 11.1 Å². The molecule has 6 nitrogen and oxygen atoms in total. The maximum atomic E-state index is 9.32. The van der Waals surface area contributed by atoms with Crippen LogP contribution < -0.4 is 5.73 Å². The summed E-state index contributed by atoms with van der Waals surface area (Å²) in [7, 11) is 0. The number of nitriles is 1. The quantitative estimate of drug-likeness (QED) is 0.359. The first kappa shape index (κ1) is 23.1. The van der Waals surface area contributed by atoms with Gasteiger partial charge in [0.15, 0.2) is 5.65 Å². The number of aryl methyl sites for hydroxylation is 1. The Morgan fingerprint density at radius 2 is 1.73 bits per heavy atom. The van der Waals surface area contributed by atoms with Crippen LogP contribution in [0.15, 0.2) is 85.2 Å². The molecule has 0 saturated carbocycles. The van der Waals surface area contributed by atoms with Crippen molar-refractivity contribution in [3.63, 3.8) is 0 Å². The monoisotopic (exact) mass is 484 g/mol. The number of benzene rings is 3. The van der Waals surface area contributed by atoms with Gasteiger partial charge in [0.2, 0.25) is 0 Å². The second-order valence-corrected chi connectivity index (χ2v) is 9.86. The number of hydrogen-bond acceptors (Lipinski definition) is 5. The number of nitrogens with zero attached hydrogens (tertiary/aromatic N) is 5. The molecule has 37 heavy (non-hydrogen) atoms. The highest BCUT2D eigenvalue weighted by molar-refractivity contribution is 5.90. The van der Waals surface area contributed by atoms with Crippen LogP contribution in [0.25, 0.3) is 39.2 Å². The minimum atomic E-state index is 0.267. The molecule has 2 N–H and O–H groups in total. The van der Waals surface area contributed by atoms with Gasteiger partial charge in [-0.15, -0.1) is 0 Å². The van der Waals surface area contributed by atoms with Crippen molar-refractivity contribution in [1.29, 1.82) is 5.26 Å². The van der Waals surface area contributed by atoms with E-state index in [1.54, 1.807) is 6.33 Å². The van der Waals surface area contributed by atoms with Crippen LogP contribution in [0.2, 0.25) is 0 Å². The molecule has 0 aliphatic carbocycles. The van der Waals surface area contributed by atoms with Crippen LogP contribution >= 0.6 is 0 Å². The van der Waals surface area contributed by atoms with Crippen molar-refractivity contribution in [2.75, 3.05) is 13.1 Å². The highest BCUT2D eigenvalue weighted by atomic mass is 15.3. The highest BCUT2D eigenvalue weighted by Gasteiger charge is 2.21. The highest BCUT2D eigenvalue weighted by Crippen LogP contribution is 2.38. The lowest BCUT2D eigenvalue weighted by Crippen LogP contribution is -2.26. The summed E-state index contributed by atoms with van der Waals surface area (Å²) < 4.78 is 1.94. The maximum Gasteiger partial charge on any atom is 0.163 e. The van der Waals surface area contributed by atoms with E-state index in [0.29, 0.717) is 5.56 Å². The van der Waals surface area contributed by atoms with Crippen LogP contribution in [0.5, 0.6) is 0 Å². The molecule has 2 aromatic heterocycles. The summed E-state index contributed by atoms with van der Waals surface area (Å²) in [6.45, 7) is 4.94. The lowest BCUT2D eigenvalue weighted by Gasteiger charge is -2.18. The molecule has 3 heterocycles. The summed E-state index contributed by atoms with van der Waals surface area (Å²) >= 11 is 0.